The minimum atomic E-state index is 0.734. The lowest BCUT2D eigenvalue weighted by Crippen LogP contribution is -2.19. The van der Waals surface area contributed by atoms with Gasteiger partial charge in [0, 0.05) is 51.2 Å². The van der Waals surface area contributed by atoms with Gasteiger partial charge in [0.15, 0.2) is 0 Å². The SMILES string of the molecule is Cc1ncc(CNC2CC2)n1CCc1nccn1C. The van der Waals surface area contributed by atoms with Gasteiger partial charge < -0.3 is 14.5 Å². The molecule has 0 aliphatic heterocycles. The van der Waals surface area contributed by atoms with Crippen LogP contribution in [0.3, 0.4) is 0 Å². The van der Waals surface area contributed by atoms with Crippen LogP contribution in [0.25, 0.3) is 0 Å². The van der Waals surface area contributed by atoms with Crippen molar-refractivity contribution in [1.82, 2.24) is 24.4 Å². The molecular formula is C14H21N5. The van der Waals surface area contributed by atoms with Crippen LogP contribution in [0.5, 0.6) is 0 Å². The van der Waals surface area contributed by atoms with E-state index >= 15 is 0 Å². The van der Waals surface area contributed by atoms with Crippen molar-refractivity contribution in [2.24, 2.45) is 7.05 Å². The van der Waals surface area contributed by atoms with E-state index in [0.29, 0.717) is 0 Å². The Hall–Kier alpha value is -1.62. The van der Waals surface area contributed by atoms with Crippen molar-refractivity contribution in [2.45, 2.75) is 45.3 Å². The molecule has 102 valence electrons. The Labute approximate surface area is 113 Å². The molecule has 1 N–H and O–H groups in total. The standard InChI is InChI=1S/C14H21N5/c1-11-16-9-13(10-17-12-3-4-12)19(11)7-5-14-15-6-8-18(14)2/h6,8-9,12,17H,3-5,7,10H2,1-2H3. The molecule has 0 bridgehead atoms. The summed E-state index contributed by atoms with van der Waals surface area (Å²) < 4.78 is 4.37. The molecule has 0 unspecified atom stereocenters. The fourth-order valence-corrected chi connectivity index (χ4v) is 2.35. The molecule has 0 atom stereocenters. The molecule has 1 saturated carbocycles. The summed E-state index contributed by atoms with van der Waals surface area (Å²) in [6.45, 7) is 3.93. The van der Waals surface area contributed by atoms with E-state index in [4.69, 9.17) is 0 Å². The second-order valence-corrected chi connectivity index (χ2v) is 5.31. The normalized spacial score (nSPS) is 15.1. The Morgan fingerprint density at radius 3 is 2.89 bits per heavy atom. The minimum Gasteiger partial charge on any atom is -0.338 e. The summed E-state index contributed by atoms with van der Waals surface area (Å²) in [7, 11) is 2.04. The van der Waals surface area contributed by atoms with Crippen LogP contribution >= 0.6 is 0 Å². The van der Waals surface area contributed by atoms with E-state index in [9.17, 15) is 0 Å². The number of aromatic nitrogens is 4. The van der Waals surface area contributed by atoms with Crippen molar-refractivity contribution in [3.8, 4) is 0 Å². The van der Waals surface area contributed by atoms with Gasteiger partial charge in [-0.25, -0.2) is 9.97 Å². The molecule has 2 aromatic heterocycles. The van der Waals surface area contributed by atoms with Crippen LogP contribution in [0.2, 0.25) is 0 Å². The summed E-state index contributed by atoms with van der Waals surface area (Å²) in [5.41, 5.74) is 1.28. The topological polar surface area (TPSA) is 47.7 Å². The number of rotatable bonds is 6. The number of hydrogen-bond acceptors (Lipinski definition) is 3. The van der Waals surface area contributed by atoms with Crippen molar-refractivity contribution >= 4 is 0 Å². The maximum atomic E-state index is 4.43. The van der Waals surface area contributed by atoms with Gasteiger partial charge in [-0.3, -0.25) is 0 Å². The summed E-state index contributed by atoms with van der Waals surface area (Å²) in [5, 5.41) is 3.55. The van der Waals surface area contributed by atoms with E-state index in [0.717, 1.165) is 37.2 Å². The van der Waals surface area contributed by atoms with E-state index in [2.05, 4.69) is 31.3 Å². The van der Waals surface area contributed by atoms with Gasteiger partial charge in [-0.15, -0.1) is 0 Å². The molecule has 2 heterocycles. The fraction of sp³-hybridized carbons (Fsp3) is 0.571. The zero-order valence-corrected chi connectivity index (χ0v) is 11.6. The summed E-state index contributed by atoms with van der Waals surface area (Å²) in [5.74, 6) is 2.20. The maximum absolute atomic E-state index is 4.43. The number of aryl methyl sites for hydroxylation is 3. The second kappa shape index (κ2) is 5.17. The van der Waals surface area contributed by atoms with Crippen molar-refractivity contribution in [3.05, 3.63) is 35.9 Å². The zero-order valence-electron chi connectivity index (χ0n) is 11.6. The third kappa shape index (κ3) is 2.87. The highest BCUT2D eigenvalue weighted by molar-refractivity contribution is 5.06. The number of hydrogen-bond donors (Lipinski definition) is 1. The summed E-state index contributed by atoms with van der Waals surface area (Å²) >= 11 is 0. The van der Waals surface area contributed by atoms with Crippen LogP contribution in [0.15, 0.2) is 18.6 Å². The van der Waals surface area contributed by atoms with Crippen LogP contribution < -0.4 is 5.32 Å². The average Bonchev–Trinajstić information content (AvgIpc) is 3.05. The molecule has 0 amide bonds. The molecule has 0 radical (unpaired) electrons. The van der Waals surface area contributed by atoms with Crippen LogP contribution in [0.1, 0.15) is 30.2 Å². The lowest BCUT2D eigenvalue weighted by atomic mass is 10.3. The van der Waals surface area contributed by atoms with Gasteiger partial charge in [-0.2, -0.15) is 0 Å². The van der Waals surface area contributed by atoms with Crippen LogP contribution in [-0.2, 0) is 26.6 Å². The van der Waals surface area contributed by atoms with E-state index in [1.54, 1.807) is 0 Å². The smallest absolute Gasteiger partial charge is 0.110 e. The fourth-order valence-electron chi connectivity index (χ4n) is 2.35. The van der Waals surface area contributed by atoms with Gasteiger partial charge >= 0.3 is 0 Å². The molecule has 0 saturated heterocycles. The Morgan fingerprint density at radius 1 is 1.37 bits per heavy atom. The van der Waals surface area contributed by atoms with E-state index in [1.165, 1.54) is 18.5 Å². The molecule has 5 heteroatoms. The molecule has 19 heavy (non-hydrogen) atoms. The third-order valence-corrected chi connectivity index (χ3v) is 3.77. The molecule has 1 fully saturated rings. The Kier molecular flexibility index (Phi) is 3.38. The third-order valence-electron chi connectivity index (χ3n) is 3.77. The largest absolute Gasteiger partial charge is 0.338 e. The first-order valence-corrected chi connectivity index (χ1v) is 6.94. The Bertz CT molecular complexity index is 550. The molecular weight excluding hydrogens is 238 g/mol. The Balaban J connectivity index is 1.65. The van der Waals surface area contributed by atoms with E-state index < -0.39 is 0 Å². The van der Waals surface area contributed by atoms with Gasteiger partial charge in [0.1, 0.15) is 11.6 Å². The molecule has 0 aromatic carbocycles. The van der Waals surface area contributed by atoms with Crippen molar-refractivity contribution in [1.29, 1.82) is 0 Å². The number of nitrogens with zero attached hydrogens (tertiary/aromatic N) is 4. The lowest BCUT2D eigenvalue weighted by Gasteiger charge is -2.11. The number of nitrogens with one attached hydrogen (secondary N) is 1. The molecule has 1 aliphatic rings. The van der Waals surface area contributed by atoms with Gasteiger partial charge in [-0.05, 0) is 19.8 Å². The lowest BCUT2D eigenvalue weighted by molar-refractivity contribution is 0.581. The average molecular weight is 259 g/mol. The maximum Gasteiger partial charge on any atom is 0.110 e. The molecule has 1 aliphatic carbocycles. The summed E-state index contributed by atoms with van der Waals surface area (Å²) in [6, 6.07) is 0.734. The minimum absolute atomic E-state index is 0.734. The number of imidazole rings is 2. The monoisotopic (exact) mass is 259 g/mol. The quantitative estimate of drug-likeness (QED) is 0.853. The van der Waals surface area contributed by atoms with Gasteiger partial charge in [-0.1, -0.05) is 0 Å². The van der Waals surface area contributed by atoms with E-state index in [1.807, 2.05) is 25.6 Å². The first kappa shape index (κ1) is 12.4. The van der Waals surface area contributed by atoms with Gasteiger partial charge in [0.05, 0.1) is 5.69 Å². The molecule has 2 aromatic rings. The first-order valence-electron chi connectivity index (χ1n) is 6.94. The predicted molar refractivity (Wildman–Crippen MR) is 73.7 cm³/mol. The summed E-state index contributed by atoms with van der Waals surface area (Å²) in [6.07, 6.45) is 9.42. The highest BCUT2D eigenvalue weighted by Gasteiger charge is 2.20. The summed E-state index contributed by atoms with van der Waals surface area (Å²) in [4.78, 5) is 8.81. The van der Waals surface area contributed by atoms with Crippen molar-refractivity contribution in [2.75, 3.05) is 0 Å². The van der Waals surface area contributed by atoms with Crippen LogP contribution in [0.4, 0.5) is 0 Å². The van der Waals surface area contributed by atoms with E-state index in [-0.39, 0.29) is 0 Å². The molecule has 3 rings (SSSR count). The predicted octanol–water partition coefficient (Wildman–Crippen LogP) is 1.42. The van der Waals surface area contributed by atoms with Crippen LogP contribution in [0, 0.1) is 6.92 Å². The van der Waals surface area contributed by atoms with Crippen LogP contribution in [-0.4, -0.2) is 25.1 Å². The van der Waals surface area contributed by atoms with Gasteiger partial charge in [0.25, 0.3) is 0 Å². The van der Waals surface area contributed by atoms with Crippen molar-refractivity contribution in [3.63, 3.8) is 0 Å². The Morgan fingerprint density at radius 2 is 2.21 bits per heavy atom. The first-order chi connectivity index (χ1) is 9.24. The zero-order chi connectivity index (χ0) is 13.2. The van der Waals surface area contributed by atoms with Gasteiger partial charge in [0.2, 0.25) is 0 Å². The highest BCUT2D eigenvalue weighted by Crippen LogP contribution is 2.19. The van der Waals surface area contributed by atoms with Crippen molar-refractivity contribution < 1.29 is 0 Å². The molecule has 0 spiro atoms. The second-order valence-electron chi connectivity index (χ2n) is 5.31. The highest BCUT2D eigenvalue weighted by atomic mass is 15.1. The molecule has 5 nitrogen and oxygen atoms in total.